The van der Waals surface area contributed by atoms with E-state index >= 15 is 0 Å². The van der Waals surface area contributed by atoms with Crippen molar-refractivity contribution in [3.8, 4) is 0 Å². The number of halogens is 4. The molecule has 1 aromatic rings. The molecule has 0 atom stereocenters. The van der Waals surface area contributed by atoms with Gasteiger partial charge in [-0.3, -0.25) is 4.68 Å². The Balaban J connectivity index is 2.86. The highest BCUT2D eigenvalue weighted by molar-refractivity contribution is 5.65. The van der Waals surface area contributed by atoms with Crippen molar-refractivity contribution in [1.82, 2.24) is 9.78 Å². The van der Waals surface area contributed by atoms with Gasteiger partial charge in [0.25, 0.3) is 0 Å². The van der Waals surface area contributed by atoms with Gasteiger partial charge >= 0.3 is 12.3 Å². The van der Waals surface area contributed by atoms with Crippen LogP contribution in [0.5, 0.6) is 0 Å². The van der Waals surface area contributed by atoms with E-state index < -0.39 is 18.9 Å². The van der Waals surface area contributed by atoms with Gasteiger partial charge < -0.3 is 11.1 Å². The maximum absolute atomic E-state index is 12.8. The van der Waals surface area contributed by atoms with Crippen molar-refractivity contribution in [3.05, 3.63) is 5.69 Å². The number of aromatic nitrogens is 2. The molecule has 0 saturated heterocycles. The topological polar surface area (TPSA) is 55.9 Å². The maximum atomic E-state index is 12.8. The van der Waals surface area contributed by atoms with Crippen LogP contribution in [0, 0.1) is 0 Å². The lowest BCUT2D eigenvalue weighted by atomic mass is 10.1. The van der Waals surface area contributed by atoms with E-state index in [-0.39, 0.29) is 17.4 Å². The molecule has 3 N–H and O–H groups in total. The number of nitrogens with one attached hydrogen (secondary N) is 1. The van der Waals surface area contributed by atoms with Crippen molar-refractivity contribution in [2.45, 2.75) is 32.1 Å². The van der Waals surface area contributed by atoms with E-state index in [1.54, 1.807) is 0 Å². The molecular weight excluding hydrogens is 252 g/mol. The van der Waals surface area contributed by atoms with Crippen molar-refractivity contribution in [3.63, 3.8) is 0 Å². The first-order valence-electron chi connectivity index (χ1n) is 5.39. The van der Waals surface area contributed by atoms with Crippen LogP contribution in [-0.2, 0) is 7.05 Å². The van der Waals surface area contributed by atoms with E-state index in [0.717, 1.165) is 0 Å². The second-order valence-corrected chi connectivity index (χ2v) is 4.34. The highest BCUT2D eigenvalue weighted by Crippen LogP contribution is 2.29. The van der Waals surface area contributed by atoms with Gasteiger partial charge in [-0.25, -0.2) is 8.78 Å². The van der Waals surface area contributed by atoms with Crippen LogP contribution in [0.25, 0.3) is 0 Å². The molecule has 8 heteroatoms. The standard InChI is InChI=1S/C10H16F4N4/c1-5(2)7-6(15)8(18(3)17-7)16-4-10(13,14)9(11)12/h5,9,16H,4,15H2,1-3H3. The fourth-order valence-corrected chi connectivity index (χ4v) is 1.48. The summed E-state index contributed by atoms with van der Waals surface area (Å²) in [6, 6.07) is 0. The molecule has 0 aliphatic carbocycles. The van der Waals surface area contributed by atoms with Gasteiger partial charge in [0.05, 0.1) is 17.9 Å². The van der Waals surface area contributed by atoms with Crippen LogP contribution >= 0.6 is 0 Å². The molecule has 0 fully saturated rings. The fraction of sp³-hybridized carbons (Fsp3) is 0.700. The lowest BCUT2D eigenvalue weighted by Gasteiger charge is -2.16. The number of nitrogens with zero attached hydrogens (tertiary/aromatic N) is 2. The van der Waals surface area contributed by atoms with E-state index in [9.17, 15) is 17.6 Å². The molecule has 4 nitrogen and oxygen atoms in total. The number of rotatable bonds is 5. The summed E-state index contributed by atoms with van der Waals surface area (Å²) in [6.45, 7) is 2.50. The van der Waals surface area contributed by atoms with Crippen molar-refractivity contribution in [1.29, 1.82) is 0 Å². The molecule has 1 aromatic heterocycles. The smallest absolute Gasteiger partial charge is 0.324 e. The van der Waals surface area contributed by atoms with Crippen LogP contribution in [0.3, 0.4) is 0 Å². The Morgan fingerprint density at radius 2 is 1.94 bits per heavy atom. The van der Waals surface area contributed by atoms with Crippen LogP contribution in [0.4, 0.5) is 29.1 Å². The number of alkyl halides is 4. The average Bonchev–Trinajstić information content (AvgIpc) is 2.52. The molecule has 0 aliphatic rings. The average molecular weight is 268 g/mol. The largest absolute Gasteiger partial charge is 0.394 e. The zero-order chi connectivity index (χ0) is 14.1. The molecule has 0 bridgehead atoms. The zero-order valence-electron chi connectivity index (χ0n) is 10.3. The Bertz CT molecular complexity index is 414. The van der Waals surface area contributed by atoms with Gasteiger partial charge in [-0.05, 0) is 5.92 Å². The normalized spacial score (nSPS) is 12.5. The third-order valence-corrected chi connectivity index (χ3v) is 2.47. The molecule has 1 heterocycles. The second kappa shape index (κ2) is 5.03. The minimum absolute atomic E-state index is 0.0161. The van der Waals surface area contributed by atoms with E-state index in [1.165, 1.54) is 11.7 Å². The molecule has 0 spiro atoms. The van der Waals surface area contributed by atoms with E-state index in [1.807, 2.05) is 13.8 Å². The fourth-order valence-electron chi connectivity index (χ4n) is 1.48. The summed E-state index contributed by atoms with van der Waals surface area (Å²) in [5.41, 5.74) is 6.48. The summed E-state index contributed by atoms with van der Waals surface area (Å²) in [4.78, 5) is 0. The summed E-state index contributed by atoms with van der Waals surface area (Å²) in [7, 11) is 1.51. The maximum Gasteiger partial charge on any atom is 0.324 e. The Hall–Kier alpha value is -1.47. The van der Waals surface area contributed by atoms with Crippen molar-refractivity contribution >= 4 is 11.5 Å². The van der Waals surface area contributed by atoms with Gasteiger partial charge in [0.15, 0.2) is 0 Å². The first-order valence-corrected chi connectivity index (χ1v) is 5.39. The number of nitrogens with two attached hydrogens (primary N) is 1. The molecule has 0 unspecified atom stereocenters. The van der Waals surface area contributed by atoms with Crippen molar-refractivity contribution in [2.75, 3.05) is 17.6 Å². The number of anilines is 2. The van der Waals surface area contributed by atoms with Crippen molar-refractivity contribution in [2.24, 2.45) is 7.05 Å². The molecular formula is C10H16F4N4. The Labute approximate surface area is 102 Å². The number of hydrogen-bond acceptors (Lipinski definition) is 3. The third-order valence-electron chi connectivity index (χ3n) is 2.47. The Kier molecular flexibility index (Phi) is 4.08. The first kappa shape index (κ1) is 14.6. The van der Waals surface area contributed by atoms with Gasteiger partial charge in [0, 0.05) is 7.05 Å². The predicted octanol–water partition coefficient (Wildman–Crippen LogP) is 2.44. The van der Waals surface area contributed by atoms with Crippen LogP contribution in [0.1, 0.15) is 25.5 Å². The molecule has 1 rings (SSSR count). The summed E-state index contributed by atoms with van der Waals surface area (Å²) in [6.07, 6.45) is -3.72. The number of nitrogen functional groups attached to an aromatic ring is 1. The molecule has 0 saturated carbocycles. The Morgan fingerprint density at radius 1 is 1.39 bits per heavy atom. The summed E-state index contributed by atoms with van der Waals surface area (Å²) < 4.78 is 50.8. The lowest BCUT2D eigenvalue weighted by molar-refractivity contribution is -0.117. The summed E-state index contributed by atoms with van der Waals surface area (Å²) >= 11 is 0. The second-order valence-electron chi connectivity index (χ2n) is 4.34. The van der Waals surface area contributed by atoms with Gasteiger partial charge in [-0.15, -0.1) is 0 Å². The minimum atomic E-state index is -4.10. The van der Waals surface area contributed by atoms with E-state index in [2.05, 4.69) is 10.4 Å². The van der Waals surface area contributed by atoms with Gasteiger partial charge in [0.1, 0.15) is 5.82 Å². The summed E-state index contributed by atoms with van der Waals surface area (Å²) in [5, 5.41) is 6.28. The molecule has 0 aromatic carbocycles. The third kappa shape index (κ3) is 2.85. The van der Waals surface area contributed by atoms with Crippen molar-refractivity contribution < 1.29 is 17.6 Å². The zero-order valence-corrected chi connectivity index (χ0v) is 10.3. The monoisotopic (exact) mass is 268 g/mol. The highest BCUT2D eigenvalue weighted by atomic mass is 19.3. The lowest BCUT2D eigenvalue weighted by Crippen LogP contribution is -2.35. The van der Waals surface area contributed by atoms with Crippen LogP contribution < -0.4 is 11.1 Å². The van der Waals surface area contributed by atoms with Crippen LogP contribution in [-0.4, -0.2) is 28.7 Å². The van der Waals surface area contributed by atoms with Gasteiger partial charge in [0.2, 0.25) is 0 Å². The molecule has 0 aliphatic heterocycles. The predicted molar refractivity (Wildman–Crippen MR) is 61.2 cm³/mol. The Morgan fingerprint density at radius 3 is 2.33 bits per heavy atom. The molecule has 18 heavy (non-hydrogen) atoms. The molecule has 0 amide bonds. The van der Waals surface area contributed by atoms with E-state index in [0.29, 0.717) is 5.69 Å². The van der Waals surface area contributed by atoms with Crippen LogP contribution in [0.15, 0.2) is 0 Å². The van der Waals surface area contributed by atoms with E-state index in [4.69, 9.17) is 5.73 Å². The quantitative estimate of drug-likeness (QED) is 0.806. The SMILES string of the molecule is CC(C)c1nn(C)c(NCC(F)(F)C(F)F)c1N. The highest BCUT2D eigenvalue weighted by Gasteiger charge is 2.40. The van der Waals surface area contributed by atoms with Crippen LogP contribution in [0.2, 0.25) is 0 Å². The number of hydrogen-bond donors (Lipinski definition) is 2. The molecule has 104 valence electrons. The first-order chi connectivity index (χ1) is 8.16. The van der Waals surface area contributed by atoms with Gasteiger partial charge in [-0.2, -0.15) is 13.9 Å². The summed E-state index contributed by atoms with van der Waals surface area (Å²) in [5.74, 6) is -3.96. The van der Waals surface area contributed by atoms with Gasteiger partial charge in [-0.1, -0.05) is 13.8 Å². The molecule has 0 radical (unpaired) electrons. The number of aryl methyl sites for hydroxylation is 1. The minimum Gasteiger partial charge on any atom is -0.394 e.